The van der Waals surface area contributed by atoms with Crippen LogP contribution in [0.2, 0.25) is 10.0 Å². The van der Waals surface area contributed by atoms with E-state index in [0.29, 0.717) is 6.07 Å². The molecular formula is C17H13Cl2F3N2O3S. The summed E-state index contributed by atoms with van der Waals surface area (Å²) in [5.74, 6) is -3.46. The molecule has 0 radical (unpaired) electrons. The predicted molar refractivity (Wildman–Crippen MR) is 97.4 cm³/mol. The fourth-order valence-electron chi connectivity index (χ4n) is 2.81. The summed E-state index contributed by atoms with van der Waals surface area (Å²) in [6, 6.07) is 4.23. The molecule has 0 unspecified atom stereocenters. The lowest BCUT2D eigenvalue weighted by Crippen LogP contribution is -2.50. The highest BCUT2D eigenvalue weighted by molar-refractivity contribution is 7.89. The molecule has 0 spiro atoms. The van der Waals surface area contributed by atoms with E-state index < -0.39 is 38.3 Å². The van der Waals surface area contributed by atoms with Gasteiger partial charge in [0, 0.05) is 32.2 Å². The second-order valence-electron chi connectivity index (χ2n) is 6.02. The first-order valence-corrected chi connectivity index (χ1v) is 10.2. The van der Waals surface area contributed by atoms with E-state index in [-0.39, 0.29) is 41.8 Å². The van der Waals surface area contributed by atoms with E-state index in [9.17, 15) is 26.4 Å². The van der Waals surface area contributed by atoms with Crippen LogP contribution in [0.4, 0.5) is 13.2 Å². The van der Waals surface area contributed by atoms with Crippen LogP contribution in [0.15, 0.2) is 35.2 Å². The number of carbonyl (C=O) groups is 1. The van der Waals surface area contributed by atoms with Crippen molar-refractivity contribution in [2.24, 2.45) is 0 Å². The van der Waals surface area contributed by atoms with Gasteiger partial charge < -0.3 is 4.90 Å². The zero-order valence-corrected chi connectivity index (χ0v) is 16.5. The van der Waals surface area contributed by atoms with Gasteiger partial charge in [-0.2, -0.15) is 4.31 Å². The standard InChI is InChI=1S/C17H13Cl2F3N2O3S/c18-12-9-13(19)14(21)8-11(12)17(25)23-3-5-24(6-4-23)28(26,27)16-2-1-10(20)7-15(16)22/h1-2,7-9H,3-6H2. The molecule has 150 valence electrons. The van der Waals surface area contributed by atoms with E-state index in [0.717, 1.165) is 28.6 Å². The summed E-state index contributed by atoms with van der Waals surface area (Å²) in [4.78, 5) is 13.2. The number of hydrogen-bond acceptors (Lipinski definition) is 3. The predicted octanol–water partition coefficient (Wildman–Crippen LogP) is 3.56. The Morgan fingerprint density at radius 1 is 0.893 bits per heavy atom. The number of rotatable bonds is 3. The van der Waals surface area contributed by atoms with Crippen molar-refractivity contribution < 1.29 is 26.4 Å². The van der Waals surface area contributed by atoms with Crippen LogP contribution in [-0.2, 0) is 10.0 Å². The van der Waals surface area contributed by atoms with Crippen molar-refractivity contribution in [3.63, 3.8) is 0 Å². The highest BCUT2D eigenvalue weighted by Gasteiger charge is 2.33. The zero-order valence-electron chi connectivity index (χ0n) is 14.1. The second kappa shape index (κ2) is 7.90. The van der Waals surface area contributed by atoms with Crippen molar-refractivity contribution in [2.45, 2.75) is 4.90 Å². The van der Waals surface area contributed by atoms with Gasteiger partial charge in [0.25, 0.3) is 5.91 Å². The van der Waals surface area contributed by atoms with E-state index in [4.69, 9.17) is 23.2 Å². The molecule has 3 rings (SSSR count). The van der Waals surface area contributed by atoms with E-state index in [1.807, 2.05) is 0 Å². The highest BCUT2D eigenvalue weighted by Crippen LogP contribution is 2.27. The quantitative estimate of drug-likeness (QED) is 0.669. The first kappa shape index (κ1) is 20.9. The lowest BCUT2D eigenvalue weighted by molar-refractivity contribution is 0.0697. The maximum atomic E-state index is 13.9. The molecule has 1 amide bonds. The third kappa shape index (κ3) is 3.98. The fraction of sp³-hybridized carbons (Fsp3) is 0.235. The minimum absolute atomic E-state index is 0.0124. The van der Waals surface area contributed by atoms with Crippen molar-refractivity contribution in [3.8, 4) is 0 Å². The van der Waals surface area contributed by atoms with Gasteiger partial charge in [-0.25, -0.2) is 21.6 Å². The van der Waals surface area contributed by atoms with Crippen molar-refractivity contribution in [1.29, 1.82) is 0 Å². The Kier molecular flexibility index (Phi) is 5.90. The average Bonchev–Trinajstić information content (AvgIpc) is 2.64. The number of sulfonamides is 1. The molecule has 1 aliphatic rings. The van der Waals surface area contributed by atoms with Gasteiger partial charge in [0.1, 0.15) is 22.3 Å². The smallest absolute Gasteiger partial charge is 0.255 e. The number of amides is 1. The number of piperazine rings is 1. The first-order valence-electron chi connectivity index (χ1n) is 8.00. The van der Waals surface area contributed by atoms with E-state index in [2.05, 4.69) is 0 Å². The lowest BCUT2D eigenvalue weighted by atomic mass is 10.1. The van der Waals surface area contributed by atoms with Gasteiger partial charge in [-0.05, 0) is 24.3 Å². The van der Waals surface area contributed by atoms with Crippen molar-refractivity contribution in [3.05, 3.63) is 63.4 Å². The molecule has 11 heteroatoms. The zero-order chi connectivity index (χ0) is 20.6. The van der Waals surface area contributed by atoms with Crippen LogP contribution in [0, 0.1) is 17.5 Å². The molecule has 2 aromatic rings. The van der Waals surface area contributed by atoms with Crippen LogP contribution in [-0.4, -0.2) is 49.7 Å². The van der Waals surface area contributed by atoms with Crippen LogP contribution >= 0.6 is 23.2 Å². The summed E-state index contributed by atoms with van der Waals surface area (Å²) in [5, 5.41) is -0.251. The summed E-state index contributed by atoms with van der Waals surface area (Å²) in [6.07, 6.45) is 0. The van der Waals surface area contributed by atoms with Gasteiger partial charge in [-0.1, -0.05) is 23.2 Å². The van der Waals surface area contributed by atoms with Crippen molar-refractivity contribution in [2.75, 3.05) is 26.2 Å². The molecule has 1 saturated heterocycles. The van der Waals surface area contributed by atoms with E-state index >= 15 is 0 Å². The van der Waals surface area contributed by atoms with Crippen LogP contribution in [0.5, 0.6) is 0 Å². The van der Waals surface area contributed by atoms with Gasteiger partial charge in [0.2, 0.25) is 10.0 Å². The van der Waals surface area contributed by atoms with E-state index in [1.165, 1.54) is 4.90 Å². The summed E-state index contributed by atoms with van der Waals surface area (Å²) < 4.78 is 66.7. The number of hydrogen-bond donors (Lipinski definition) is 0. The van der Waals surface area contributed by atoms with E-state index in [1.54, 1.807) is 0 Å². The maximum Gasteiger partial charge on any atom is 0.255 e. The second-order valence-corrected chi connectivity index (χ2v) is 8.74. The van der Waals surface area contributed by atoms with Crippen LogP contribution in [0.3, 0.4) is 0 Å². The molecule has 28 heavy (non-hydrogen) atoms. The molecule has 0 saturated carbocycles. The molecule has 0 N–H and O–H groups in total. The summed E-state index contributed by atoms with van der Waals surface area (Å²) in [5.41, 5.74) is -0.0931. The Labute approximate surface area is 169 Å². The average molecular weight is 453 g/mol. The third-order valence-electron chi connectivity index (χ3n) is 4.28. The largest absolute Gasteiger partial charge is 0.336 e. The molecule has 0 aromatic heterocycles. The molecule has 0 aliphatic carbocycles. The summed E-state index contributed by atoms with van der Waals surface area (Å²) >= 11 is 11.6. The molecule has 0 atom stereocenters. The van der Waals surface area contributed by atoms with Gasteiger partial charge in [0.05, 0.1) is 15.6 Å². The number of benzene rings is 2. The number of nitrogens with zero attached hydrogens (tertiary/aromatic N) is 2. The molecule has 2 aromatic carbocycles. The maximum absolute atomic E-state index is 13.9. The molecular weight excluding hydrogens is 440 g/mol. The Balaban J connectivity index is 1.75. The molecule has 1 aliphatic heterocycles. The number of halogens is 5. The van der Waals surface area contributed by atoms with Gasteiger partial charge in [-0.15, -0.1) is 0 Å². The van der Waals surface area contributed by atoms with Crippen molar-refractivity contribution >= 4 is 39.1 Å². The first-order chi connectivity index (χ1) is 13.1. The third-order valence-corrected chi connectivity index (χ3v) is 6.81. The van der Waals surface area contributed by atoms with Gasteiger partial charge in [0.15, 0.2) is 0 Å². The van der Waals surface area contributed by atoms with Crippen LogP contribution < -0.4 is 0 Å². The minimum Gasteiger partial charge on any atom is -0.336 e. The summed E-state index contributed by atoms with van der Waals surface area (Å²) in [7, 11) is -4.19. The lowest BCUT2D eigenvalue weighted by Gasteiger charge is -2.34. The van der Waals surface area contributed by atoms with Crippen molar-refractivity contribution in [1.82, 2.24) is 9.21 Å². The molecule has 1 fully saturated rings. The van der Waals surface area contributed by atoms with Gasteiger partial charge in [-0.3, -0.25) is 4.79 Å². The van der Waals surface area contributed by atoms with Crippen LogP contribution in [0.1, 0.15) is 10.4 Å². The fourth-order valence-corrected chi connectivity index (χ4v) is 4.74. The molecule has 0 bridgehead atoms. The van der Waals surface area contributed by atoms with Gasteiger partial charge >= 0.3 is 0 Å². The number of carbonyl (C=O) groups excluding carboxylic acids is 1. The Bertz CT molecular complexity index is 1040. The highest BCUT2D eigenvalue weighted by atomic mass is 35.5. The monoisotopic (exact) mass is 452 g/mol. The summed E-state index contributed by atoms with van der Waals surface area (Å²) in [6.45, 7) is -0.250. The normalized spacial score (nSPS) is 15.7. The Morgan fingerprint density at radius 3 is 2.14 bits per heavy atom. The minimum atomic E-state index is -4.19. The topological polar surface area (TPSA) is 57.7 Å². The van der Waals surface area contributed by atoms with Crippen LogP contribution in [0.25, 0.3) is 0 Å². The SMILES string of the molecule is O=C(c1cc(F)c(Cl)cc1Cl)N1CCN(S(=O)(=O)c2ccc(F)cc2F)CC1. The molecule has 5 nitrogen and oxygen atoms in total. The molecule has 1 heterocycles. The Hall–Kier alpha value is -1.81. The Morgan fingerprint density at radius 2 is 1.54 bits per heavy atom.